The quantitative estimate of drug-likeness (QED) is 0.801. The molecule has 0 aliphatic rings. The number of halogens is 2. The van der Waals surface area contributed by atoms with E-state index < -0.39 is 17.5 Å². The number of nitrogens with one attached hydrogen (secondary N) is 1. The maximum absolute atomic E-state index is 13.2. The molecule has 0 aliphatic carbocycles. The van der Waals surface area contributed by atoms with E-state index in [2.05, 4.69) is 5.32 Å². The monoisotopic (exact) mass is 241 g/mol. The van der Waals surface area contributed by atoms with Crippen LogP contribution in [0, 0.1) is 11.6 Å². The molecule has 1 N–H and O–H groups in total. The van der Waals surface area contributed by atoms with Gasteiger partial charge in [-0.05, 0) is 6.07 Å². The number of benzene rings is 1. The fourth-order valence-corrected chi connectivity index (χ4v) is 1.23. The van der Waals surface area contributed by atoms with Crippen molar-refractivity contribution in [3.05, 3.63) is 35.4 Å². The van der Waals surface area contributed by atoms with Crippen molar-refractivity contribution in [1.82, 2.24) is 5.32 Å². The topological polar surface area (TPSA) is 46.2 Å². The molecule has 0 bridgehead atoms. The van der Waals surface area contributed by atoms with Gasteiger partial charge in [-0.15, -0.1) is 0 Å². The van der Waals surface area contributed by atoms with E-state index in [9.17, 15) is 18.4 Å². The Morgan fingerprint density at radius 1 is 1.29 bits per heavy atom. The third-order valence-electron chi connectivity index (χ3n) is 2.24. The smallest absolute Gasteiger partial charge is 0.227 e. The van der Waals surface area contributed by atoms with Gasteiger partial charge in [0.1, 0.15) is 17.4 Å². The molecule has 1 amide bonds. The Balaban J connectivity index is 2.50. The number of rotatable bonds is 5. The second-order valence-electron chi connectivity index (χ2n) is 3.58. The summed E-state index contributed by atoms with van der Waals surface area (Å²) in [5, 5.41) is 2.40. The summed E-state index contributed by atoms with van der Waals surface area (Å²) in [4.78, 5) is 22.2. The molecule has 0 saturated carbocycles. The van der Waals surface area contributed by atoms with Gasteiger partial charge in [0.15, 0.2) is 0 Å². The fourth-order valence-electron chi connectivity index (χ4n) is 1.23. The molecule has 0 heterocycles. The lowest BCUT2D eigenvalue weighted by Crippen LogP contribution is -2.25. The van der Waals surface area contributed by atoms with Gasteiger partial charge < -0.3 is 5.32 Å². The maximum Gasteiger partial charge on any atom is 0.227 e. The van der Waals surface area contributed by atoms with Gasteiger partial charge in [-0.2, -0.15) is 0 Å². The first-order valence-electron chi connectivity index (χ1n) is 5.25. The van der Waals surface area contributed by atoms with Crippen LogP contribution in [0.3, 0.4) is 0 Å². The predicted molar refractivity (Wildman–Crippen MR) is 58.1 cm³/mol. The van der Waals surface area contributed by atoms with E-state index in [0.29, 0.717) is 6.42 Å². The minimum absolute atomic E-state index is 0.0536. The Kier molecular flexibility index (Phi) is 4.75. The molecule has 0 saturated heterocycles. The van der Waals surface area contributed by atoms with Crippen LogP contribution in [0.5, 0.6) is 0 Å². The van der Waals surface area contributed by atoms with Gasteiger partial charge in [0, 0.05) is 24.6 Å². The second kappa shape index (κ2) is 6.08. The summed E-state index contributed by atoms with van der Waals surface area (Å²) >= 11 is 0. The molecule has 0 unspecified atom stereocenters. The van der Waals surface area contributed by atoms with Crippen LogP contribution in [-0.4, -0.2) is 11.7 Å². The third kappa shape index (κ3) is 4.30. The molecule has 5 heteroatoms. The highest BCUT2D eigenvalue weighted by atomic mass is 19.1. The van der Waals surface area contributed by atoms with Crippen LogP contribution in [0.2, 0.25) is 0 Å². The average molecular weight is 241 g/mol. The molecule has 1 aromatic rings. The summed E-state index contributed by atoms with van der Waals surface area (Å²) < 4.78 is 25.8. The highest BCUT2D eigenvalue weighted by Gasteiger charge is 2.09. The average Bonchev–Trinajstić information content (AvgIpc) is 2.27. The first-order valence-corrected chi connectivity index (χ1v) is 5.25. The molecule has 0 spiro atoms. The summed E-state index contributed by atoms with van der Waals surface area (Å²) in [6.07, 6.45) is 0.0810. The SMILES string of the molecule is CCC(=O)CC(=O)NCc1ccc(F)cc1F. The molecule has 92 valence electrons. The summed E-state index contributed by atoms with van der Waals surface area (Å²) in [6.45, 7) is 1.61. The zero-order chi connectivity index (χ0) is 12.8. The summed E-state index contributed by atoms with van der Waals surface area (Å²) in [6, 6.07) is 3.12. The Labute approximate surface area is 97.8 Å². The molecule has 0 atom stereocenters. The lowest BCUT2D eigenvalue weighted by molar-refractivity contribution is -0.128. The van der Waals surface area contributed by atoms with Crippen LogP contribution in [0.1, 0.15) is 25.3 Å². The lowest BCUT2D eigenvalue weighted by atomic mass is 10.2. The van der Waals surface area contributed by atoms with Crippen molar-refractivity contribution in [3.8, 4) is 0 Å². The van der Waals surface area contributed by atoms with E-state index in [1.807, 2.05) is 0 Å². The second-order valence-corrected chi connectivity index (χ2v) is 3.58. The maximum atomic E-state index is 13.2. The number of carbonyl (C=O) groups is 2. The molecular weight excluding hydrogens is 228 g/mol. The van der Waals surface area contributed by atoms with Crippen molar-refractivity contribution in [2.75, 3.05) is 0 Å². The highest BCUT2D eigenvalue weighted by molar-refractivity contribution is 5.97. The van der Waals surface area contributed by atoms with Gasteiger partial charge in [0.25, 0.3) is 0 Å². The Morgan fingerprint density at radius 3 is 2.59 bits per heavy atom. The molecule has 0 fully saturated rings. The van der Waals surface area contributed by atoms with E-state index in [0.717, 1.165) is 12.1 Å². The van der Waals surface area contributed by atoms with Gasteiger partial charge in [0.05, 0.1) is 6.42 Å². The zero-order valence-electron chi connectivity index (χ0n) is 9.43. The molecule has 0 radical (unpaired) electrons. The molecule has 1 rings (SSSR count). The molecular formula is C12H13F2NO2. The molecule has 0 aliphatic heterocycles. The number of hydrogen-bond donors (Lipinski definition) is 1. The van der Waals surface area contributed by atoms with E-state index in [-0.39, 0.29) is 24.3 Å². The van der Waals surface area contributed by atoms with Crippen LogP contribution >= 0.6 is 0 Å². The van der Waals surface area contributed by atoms with Crippen molar-refractivity contribution in [1.29, 1.82) is 0 Å². The molecule has 17 heavy (non-hydrogen) atoms. The van der Waals surface area contributed by atoms with E-state index in [1.54, 1.807) is 6.92 Å². The van der Waals surface area contributed by atoms with Crippen molar-refractivity contribution < 1.29 is 18.4 Å². The Morgan fingerprint density at radius 2 is 2.00 bits per heavy atom. The van der Waals surface area contributed by atoms with Gasteiger partial charge in [-0.25, -0.2) is 8.78 Å². The van der Waals surface area contributed by atoms with Crippen LogP contribution in [0.15, 0.2) is 18.2 Å². The number of Topliss-reactive ketones (excluding diaryl/α,β-unsaturated/α-hetero) is 1. The molecule has 0 aromatic heterocycles. The first-order chi connectivity index (χ1) is 8.02. The van der Waals surface area contributed by atoms with Gasteiger partial charge in [0.2, 0.25) is 5.91 Å². The van der Waals surface area contributed by atoms with Gasteiger partial charge in [-0.3, -0.25) is 9.59 Å². The number of carbonyl (C=O) groups excluding carboxylic acids is 2. The Bertz CT molecular complexity index is 433. The highest BCUT2D eigenvalue weighted by Crippen LogP contribution is 2.09. The van der Waals surface area contributed by atoms with Gasteiger partial charge >= 0.3 is 0 Å². The van der Waals surface area contributed by atoms with Crippen LogP contribution in [-0.2, 0) is 16.1 Å². The van der Waals surface area contributed by atoms with Gasteiger partial charge in [-0.1, -0.05) is 13.0 Å². The normalized spacial score (nSPS) is 10.1. The summed E-state index contributed by atoms with van der Waals surface area (Å²) in [5.41, 5.74) is 0.184. The van der Waals surface area contributed by atoms with E-state index >= 15 is 0 Å². The van der Waals surface area contributed by atoms with Crippen molar-refractivity contribution in [3.63, 3.8) is 0 Å². The number of ketones is 1. The van der Waals surface area contributed by atoms with Crippen LogP contribution in [0.4, 0.5) is 8.78 Å². The zero-order valence-corrected chi connectivity index (χ0v) is 9.43. The number of hydrogen-bond acceptors (Lipinski definition) is 2. The van der Waals surface area contributed by atoms with E-state index in [1.165, 1.54) is 6.07 Å². The third-order valence-corrected chi connectivity index (χ3v) is 2.24. The minimum Gasteiger partial charge on any atom is -0.352 e. The standard InChI is InChI=1S/C12H13F2NO2/c1-2-10(16)6-12(17)15-7-8-3-4-9(13)5-11(8)14/h3-5H,2,6-7H2,1H3,(H,15,17). The summed E-state index contributed by atoms with van der Waals surface area (Å²) in [7, 11) is 0. The lowest BCUT2D eigenvalue weighted by Gasteiger charge is -2.05. The predicted octanol–water partition coefficient (Wildman–Crippen LogP) is 1.95. The minimum atomic E-state index is -0.716. The van der Waals surface area contributed by atoms with Crippen LogP contribution < -0.4 is 5.32 Å². The number of amides is 1. The molecule has 1 aromatic carbocycles. The molecule has 3 nitrogen and oxygen atoms in total. The van der Waals surface area contributed by atoms with Crippen LogP contribution in [0.25, 0.3) is 0 Å². The fraction of sp³-hybridized carbons (Fsp3) is 0.333. The van der Waals surface area contributed by atoms with Crippen molar-refractivity contribution in [2.45, 2.75) is 26.3 Å². The largest absolute Gasteiger partial charge is 0.352 e. The van der Waals surface area contributed by atoms with E-state index in [4.69, 9.17) is 0 Å². The first kappa shape index (κ1) is 13.3. The summed E-state index contributed by atoms with van der Waals surface area (Å²) in [5.74, 6) is -2.02. The van der Waals surface area contributed by atoms with Crippen molar-refractivity contribution >= 4 is 11.7 Å². The van der Waals surface area contributed by atoms with Crippen molar-refractivity contribution in [2.24, 2.45) is 0 Å². The Hall–Kier alpha value is -1.78.